The van der Waals surface area contributed by atoms with Gasteiger partial charge in [0.1, 0.15) is 12.4 Å². The molecular weight excluding hydrogens is 500 g/mol. The normalized spacial score (nSPS) is 10.6. The van der Waals surface area contributed by atoms with Gasteiger partial charge in [0.05, 0.1) is 6.54 Å². The van der Waals surface area contributed by atoms with Gasteiger partial charge in [-0.3, -0.25) is 0 Å². The molecule has 6 rings (SSSR count). The van der Waals surface area contributed by atoms with Crippen molar-refractivity contribution in [1.82, 2.24) is 0 Å². The Kier molecular flexibility index (Phi) is 8.05. The molecule has 0 radical (unpaired) electrons. The smallest absolute Gasteiger partial charge is 0.119 e. The number of anilines is 5. The molecule has 0 atom stereocenters. The zero-order valence-corrected chi connectivity index (χ0v) is 22.9. The fourth-order valence-corrected chi connectivity index (χ4v) is 5.03. The van der Waals surface area contributed by atoms with Crippen molar-refractivity contribution in [2.24, 2.45) is 0 Å². The van der Waals surface area contributed by atoms with E-state index in [9.17, 15) is 0 Å². The van der Waals surface area contributed by atoms with Gasteiger partial charge in [-0.15, -0.1) is 0 Å². The van der Waals surface area contributed by atoms with Crippen molar-refractivity contribution < 1.29 is 4.74 Å². The number of rotatable bonds is 10. The average Bonchev–Trinajstić information content (AvgIpc) is 3.06. The molecule has 0 heterocycles. The van der Waals surface area contributed by atoms with Crippen LogP contribution in [-0.4, -0.2) is 13.2 Å². The lowest BCUT2D eigenvalue weighted by Crippen LogP contribution is -2.23. The van der Waals surface area contributed by atoms with Crippen LogP contribution in [0.2, 0.25) is 0 Å². The molecular formula is C38H32N2O. The Bertz CT molecular complexity index is 1540. The van der Waals surface area contributed by atoms with Crippen LogP contribution in [0.5, 0.6) is 5.75 Å². The van der Waals surface area contributed by atoms with Crippen LogP contribution in [-0.2, 0) is 0 Å². The zero-order valence-electron chi connectivity index (χ0n) is 22.9. The molecule has 200 valence electrons. The van der Waals surface area contributed by atoms with Gasteiger partial charge in [0.2, 0.25) is 0 Å². The monoisotopic (exact) mass is 532 g/mol. The van der Waals surface area contributed by atoms with Crippen molar-refractivity contribution in [3.05, 3.63) is 170 Å². The van der Waals surface area contributed by atoms with E-state index >= 15 is 0 Å². The van der Waals surface area contributed by atoms with Gasteiger partial charge in [0.15, 0.2) is 0 Å². The molecule has 0 amide bonds. The van der Waals surface area contributed by atoms with Gasteiger partial charge < -0.3 is 14.5 Å². The first-order chi connectivity index (χ1) is 20.3. The summed E-state index contributed by atoms with van der Waals surface area (Å²) in [6.07, 6.45) is 0. The maximum atomic E-state index is 6.17. The second-order valence-electron chi connectivity index (χ2n) is 9.75. The molecule has 0 saturated carbocycles. The Morgan fingerprint density at radius 3 is 1.17 bits per heavy atom. The predicted octanol–water partition coefficient (Wildman–Crippen LogP) is 10.0. The standard InChI is InChI=1S/C38H32N2O/c1-5-13-33(14-6-1)39(34-15-7-2-8-16-34)29-30-41-38-27-23-32(24-28-38)31-21-25-37(26-22-31)40(35-17-9-3-10-18-35)36-19-11-4-12-20-36/h1-28H,29-30H2. The van der Waals surface area contributed by atoms with Crippen LogP contribution >= 0.6 is 0 Å². The van der Waals surface area contributed by atoms with Crippen molar-refractivity contribution in [2.75, 3.05) is 23.0 Å². The van der Waals surface area contributed by atoms with E-state index in [1.807, 2.05) is 24.3 Å². The van der Waals surface area contributed by atoms with Crippen LogP contribution in [0.1, 0.15) is 0 Å². The number of para-hydroxylation sites is 4. The SMILES string of the molecule is c1ccc(N(CCOc2ccc(-c3ccc(N(c4ccccc4)c4ccccc4)cc3)cc2)c2ccccc2)cc1. The van der Waals surface area contributed by atoms with E-state index < -0.39 is 0 Å². The van der Waals surface area contributed by atoms with E-state index in [0.29, 0.717) is 6.61 Å². The molecule has 0 aliphatic heterocycles. The van der Waals surface area contributed by atoms with Gasteiger partial charge in [0.25, 0.3) is 0 Å². The molecule has 0 spiro atoms. The van der Waals surface area contributed by atoms with E-state index in [2.05, 4.69) is 155 Å². The molecule has 0 bridgehead atoms. The van der Waals surface area contributed by atoms with Crippen molar-refractivity contribution >= 4 is 28.4 Å². The topological polar surface area (TPSA) is 15.7 Å². The van der Waals surface area contributed by atoms with Crippen molar-refractivity contribution in [2.45, 2.75) is 0 Å². The third-order valence-electron chi connectivity index (χ3n) is 7.06. The summed E-state index contributed by atoms with van der Waals surface area (Å²) in [5.41, 5.74) is 8.01. The lowest BCUT2D eigenvalue weighted by molar-refractivity contribution is 0.327. The Labute approximate surface area is 242 Å². The van der Waals surface area contributed by atoms with E-state index in [4.69, 9.17) is 4.74 Å². The minimum absolute atomic E-state index is 0.576. The minimum Gasteiger partial charge on any atom is -0.492 e. The second-order valence-corrected chi connectivity index (χ2v) is 9.75. The van der Waals surface area contributed by atoms with Gasteiger partial charge >= 0.3 is 0 Å². The molecule has 0 saturated heterocycles. The second kappa shape index (κ2) is 12.7. The highest BCUT2D eigenvalue weighted by atomic mass is 16.5. The number of ether oxygens (including phenoxy) is 1. The van der Waals surface area contributed by atoms with E-state index in [-0.39, 0.29) is 0 Å². The fourth-order valence-electron chi connectivity index (χ4n) is 5.03. The maximum absolute atomic E-state index is 6.17. The highest BCUT2D eigenvalue weighted by Crippen LogP contribution is 2.35. The van der Waals surface area contributed by atoms with Gasteiger partial charge in [-0.05, 0) is 83.9 Å². The molecule has 3 heteroatoms. The molecule has 41 heavy (non-hydrogen) atoms. The summed E-state index contributed by atoms with van der Waals surface area (Å²) < 4.78 is 6.17. The molecule has 0 fully saturated rings. The summed E-state index contributed by atoms with van der Waals surface area (Å²) in [7, 11) is 0. The molecule has 0 unspecified atom stereocenters. The molecule has 3 nitrogen and oxygen atoms in total. The van der Waals surface area contributed by atoms with E-state index in [0.717, 1.165) is 46.3 Å². The van der Waals surface area contributed by atoms with Gasteiger partial charge in [0, 0.05) is 28.4 Å². The number of hydrogen-bond donors (Lipinski definition) is 0. The molecule has 0 aromatic heterocycles. The number of hydrogen-bond acceptors (Lipinski definition) is 3. The van der Waals surface area contributed by atoms with E-state index in [1.54, 1.807) is 0 Å². The molecule has 0 aliphatic rings. The van der Waals surface area contributed by atoms with Gasteiger partial charge in [-0.1, -0.05) is 97.1 Å². The summed E-state index contributed by atoms with van der Waals surface area (Å²) in [5, 5.41) is 0. The summed E-state index contributed by atoms with van der Waals surface area (Å²) in [5.74, 6) is 0.866. The quantitative estimate of drug-likeness (QED) is 0.175. The summed E-state index contributed by atoms with van der Waals surface area (Å²) >= 11 is 0. The van der Waals surface area contributed by atoms with Crippen LogP contribution in [0.25, 0.3) is 11.1 Å². The van der Waals surface area contributed by atoms with E-state index in [1.165, 1.54) is 5.56 Å². The first-order valence-electron chi connectivity index (χ1n) is 14.0. The molecule has 6 aromatic rings. The van der Waals surface area contributed by atoms with Crippen LogP contribution < -0.4 is 14.5 Å². The Morgan fingerprint density at radius 2 is 0.732 bits per heavy atom. The number of benzene rings is 6. The molecule has 0 N–H and O–H groups in total. The largest absolute Gasteiger partial charge is 0.492 e. The fraction of sp³-hybridized carbons (Fsp3) is 0.0526. The van der Waals surface area contributed by atoms with Crippen LogP contribution in [0.3, 0.4) is 0 Å². The lowest BCUT2D eigenvalue weighted by atomic mass is 10.0. The minimum atomic E-state index is 0.576. The first-order valence-corrected chi connectivity index (χ1v) is 14.0. The number of nitrogens with zero attached hydrogens (tertiary/aromatic N) is 2. The third-order valence-corrected chi connectivity index (χ3v) is 7.06. The zero-order chi connectivity index (χ0) is 27.7. The van der Waals surface area contributed by atoms with Gasteiger partial charge in [-0.2, -0.15) is 0 Å². The Morgan fingerprint density at radius 1 is 0.366 bits per heavy atom. The summed E-state index contributed by atoms with van der Waals surface area (Å²) in [6, 6.07) is 58.9. The molecule has 0 aliphatic carbocycles. The van der Waals surface area contributed by atoms with Crippen LogP contribution in [0.15, 0.2) is 170 Å². The summed E-state index contributed by atoms with van der Waals surface area (Å²) in [6.45, 7) is 1.32. The van der Waals surface area contributed by atoms with Crippen molar-refractivity contribution in [3.63, 3.8) is 0 Å². The van der Waals surface area contributed by atoms with Gasteiger partial charge in [-0.25, -0.2) is 0 Å². The summed E-state index contributed by atoms with van der Waals surface area (Å²) in [4.78, 5) is 4.55. The highest BCUT2D eigenvalue weighted by molar-refractivity contribution is 5.78. The van der Waals surface area contributed by atoms with Crippen LogP contribution in [0, 0.1) is 0 Å². The predicted molar refractivity (Wildman–Crippen MR) is 172 cm³/mol. The van der Waals surface area contributed by atoms with Crippen LogP contribution in [0.4, 0.5) is 28.4 Å². The Balaban J connectivity index is 1.14. The van der Waals surface area contributed by atoms with Crippen molar-refractivity contribution in [3.8, 4) is 16.9 Å². The molecule has 6 aromatic carbocycles. The third kappa shape index (κ3) is 6.32. The highest BCUT2D eigenvalue weighted by Gasteiger charge is 2.12. The first kappa shape index (κ1) is 26.0. The lowest BCUT2D eigenvalue weighted by Gasteiger charge is -2.25. The maximum Gasteiger partial charge on any atom is 0.119 e. The average molecular weight is 533 g/mol. The van der Waals surface area contributed by atoms with Crippen molar-refractivity contribution in [1.29, 1.82) is 0 Å². The Hall–Kier alpha value is -5.28.